The molecule has 0 radical (unpaired) electrons. The third-order valence-corrected chi connectivity index (χ3v) is 4.38. The number of hydrogen-bond acceptors (Lipinski definition) is 6. The number of nitriles is 1. The van der Waals surface area contributed by atoms with Crippen LogP contribution in [0.15, 0.2) is 12.3 Å². The summed E-state index contributed by atoms with van der Waals surface area (Å²) in [4.78, 5) is 16.1. The van der Waals surface area contributed by atoms with Crippen LogP contribution in [0.2, 0.25) is 0 Å². The van der Waals surface area contributed by atoms with Crippen molar-refractivity contribution in [3.8, 4) is 6.07 Å². The van der Waals surface area contributed by atoms with Crippen molar-refractivity contribution in [1.82, 2.24) is 4.98 Å². The Bertz CT molecular complexity index is 668. The van der Waals surface area contributed by atoms with Crippen molar-refractivity contribution in [2.45, 2.75) is 39.4 Å². The molecule has 0 saturated carbocycles. The number of aromatic amines is 1. The summed E-state index contributed by atoms with van der Waals surface area (Å²) >= 11 is 5.20. The number of carbonyl (C=O) groups is 1. The SMILES string of the molecule is CCC(OCC1CCCN(c2cc[nH]c(=S)c2C#N)C1)OC(C)=O. The molecule has 1 aromatic heterocycles. The lowest BCUT2D eigenvalue weighted by atomic mass is 9.98. The Kier molecular flexibility index (Phi) is 6.76. The summed E-state index contributed by atoms with van der Waals surface area (Å²) in [7, 11) is 0. The summed E-state index contributed by atoms with van der Waals surface area (Å²) in [5.74, 6) is -0.00282. The van der Waals surface area contributed by atoms with E-state index in [9.17, 15) is 10.1 Å². The number of piperidine rings is 1. The number of nitrogens with one attached hydrogen (secondary N) is 1. The van der Waals surface area contributed by atoms with E-state index >= 15 is 0 Å². The Morgan fingerprint density at radius 2 is 2.42 bits per heavy atom. The number of aromatic nitrogens is 1. The molecule has 1 aromatic rings. The van der Waals surface area contributed by atoms with Gasteiger partial charge in [-0.25, -0.2) is 0 Å². The topological polar surface area (TPSA) is 78.3 Å². The molecule has 0 aliphatic carbocycles. The zero-order valence-corrected chi connectivity index (χ0v) is 14.9. The Morgan fingerprint density at radius 3 is 3.08 bits per heavy atom. The largest absolute Gasteiger partial charge is 0.436 e. The van der Waals surface area contributed by atoms with E-state index in [0.717, 1.165) is 31.6 Å². The average molecular weight is 349 g/mol. The van der Waals surface area contributed by atoms with Crippen LogP contribution in [0.1, 0.15) is 38.7 Å². The Labute approximate surface area is 147 Å². The standard InChI is InChI=1S/C17H23N3O3S/c1-3-16(23-12(2)21)22-11-13-5-4-8-20(10-13)15-6-7-19-17(24)14(15)9-18/h6-7,13,16H,3-5,8,10-11H2,1-2H3,(H,19,24). The normalized spacial score (nSPS) is 18.7. The molecule has 2 atom stereocenters. The van der Waals surface area contributed by atoms with E-state index < -0.39 is 6.29 Å². The fourth-order valence-electron chi connectivity index (χ4n) is 2.92. The summed E-state index contributed by atoms with van der Waals surface area (Å²) in [6, 6.07) is 4.09. The molecule has 2 rings (SSSR count). The van der Waals surface area contributed by atoms with Gasteiger partial charge in [-0.05, 0) is 18.9 Å². The molecule has 2 unspecified atom stereocenters. The van der Waals surface area contributed by atoms with E-state index in [2.05, 4.69) is 16.0 Å². The van der Waals surface area contributed by atoms with Gasteiger partial charge in [0.05, 0.1) is 12.3 Å². The van der Waals surface area contributed by atoms with E-state index in [1.54, 1.807) is 6.20 Å². The molecule has 1 aliphatic rings. The van der Waals surface area contributed by atoms with Crippen molar-refractivity contribution in [3.63, 3.8) is 0 Å². The Morgan fingerprint density at radius 1 is 1.62 bits per heavy atom. The first kappa shape index (κ1) is 18.4. The molecule has 7 heteroatoms. The number of esters is 1. The van der Waals surface area contributed by atoms with E-state index in [4.69, 9.17) is 21.7 Å². The van der Waals surface area contributed by atoms with Crippen molar-refractivity contribution in [1.29, 1.82) is 5.26 Å². The number of carbonyl (C=O) groups excluding carboxylic acids is 1. The lowest BCUT2D eigenvalue weighted by molar-refractivity contribution is -0.179. The predicted molar refractivity (Wildman–Crippen MR) is 93.1 cm³/mol. The summed E-state index contributed by atoms with van der Waals surface area (Å²) in [5, 5.41) is 9.35. The third kappa shape index (κ3) is 4.79. The summed E-state index contributed by atoms with van der Waals surface area (Å²) in [6.45, 7) is 5.53. The van der Waals surface area contributed by atoms with Crippen molar-refractivity contribution in [2.75, 3.05) is 24.6 Å². The molecule has 0 bridgehead atoms. The molecule has 24 heavy (non-hydrogen) atoms. The van der Waals surface area contributed by atoms with Crippen LogP contribution in [0.25, 0.3) is 0 Å². The van der Waals surface area contributed by atoms with Crippen molar-refractivity contribution in [3.05, 3.63) is 22.5 Å². The highest BCUT2D eigenvalue weighted by molar-refractivity contribution is 7.71. The second kappa shape index (κ2) is 8.81. The van der Waals surface area contributed by atoms with Crippen LogP contribution in [0, 0.1) is 21.9 Å². The fraction of sp³-hybridized carbons (Fsp3) is 0.588. The van der Waals surface area contributed by atoms with Gasteiger partial charge in [0.2, 0.25) is 6.29 Å². The minimum absolute atomic E-state index is 0.327. The molecule has 1 saturated heterocycles. The quantitative estimate of drug-likeness (QED) is 0.483. The number of hydrogen-bond donors (Lipinski definition) is 1. The Hall–Kier alpha value is -1.91. The van der Waals surface area contributed by atoms with E-state index in [1.165, 1.54) is 6.92 Å². The Balaban J connectivity index is 2.00. The minimum Gasteiger partial charge on any atom is -0.436 e. The molecule has 2 heterocycles. The molecule has 1 aliphatic heterocycles. The van der Waals surface area contributed by atoms with Crippen LogP contribution in [-0.4, -0.2) is 36.9 Å². The van der Waals surface area contributed by atoms with Gasteiger partial charge >= 0.3 is 5.97 Å². The van der Waals surface area contributed by atoms with Gasteiger partial charge in [-0.1, -0.05) is 19.1 Å². The van der Waals surface area contributed by atoms with Gasteiger partial charge in [0.25, 0.3) is 0 Å². The van der Waals surface area contributed by atoms with Gasteiger partial charge in [0.1, 0.15) is 16.3 Å². The summed E-state index contributed by atoms with van der Waals surface area (Å²) < 4.78 is 11.3. The second-order valence-corrected chi connectivity index (χ2v) is 6.32. The number of pyridine rings is 1. The maximum Gasteiger partial charge on any atom is 0.304 e. The first-order valence-electron chi connectivity index (χ1n) is 8.20. The zero-order valence-electron chi connectivity index (χ0n) is 14.1. The molecule has 130 valence electrons. The molecule has 1 N–H and O–H groups in total. The van der Waals surface area contributed by atoms with E-state index in [1.807, 2.05) is 13.0 Å². The molecule has 0 spiro atoms. The first-order valence-corrected chi connectivity index (χ1v) is 8.61. The maximum atomic E-state index is 11.0. The van der Waals surface area contributed by atoms with Crippen molar-refractivity contribution >= 4 is 23.9 Å². The zero-order chi connectivity index (χ0) is 17.5. The average Bonchev–Trinajstić information content (AvgIpc) is 2.58. The molecule has 0 aromatic carbocycles. The summed E-state index contributed by atoms with van der Waals surface area (Å²) in [5.41, 5.74) is 1.39. The van der Waals surface area contributed by atoms with Gasteiger partial charge in [0.15, 0.2) is 0 Å². The highest BCUT2D eigenvalue weighted by atomic mass is 32.1. The van der Waals surface area contributed by atoms with Gasteiger partial charge in [-0.3, -0.25) is 4.79 Å². The van der Waals surface area contributed by atoms with Gasteiger partial charge in [0, 0.05) is 38.5 Å². The highest BCUT2D eigenvalue weighted by Gasteiger charge is 2.23. The van der Waals surface area contributed by atoms with Gasteiger partial charge in [-0.15, -0.1) is 0 Å². The fourth-order valence-corrected chi connectivity index (χ4v) is 3.14. The van der Waals surface area contributed by atoms with E-state index in [-0.39, 0.29) is 5.97 Å². The number of nitrogens with zero attached hydrogens (tertiary/aromatic N) is 2. The van der Waals surface area contributed by atoms with Crippen LogP contribution < -0.4 is 4.90 Å². The van der Waals surface area contributed by atoms with Crippen LogP contribution in [-0.2, 0) is 14.3 Å². The lowest BCUT2D eigenvalue weighted by Gasteiger charge is -2.35. The lowest BCUT2D eigenvalue weighted by Crippen LogP contribution is -2.38. The van der Waals surface area contributed by atoms with Crippen LogP contribution in [0.3, 0.4) is 0 Å². The number of rotatable bonds is 6. The van der Waals surface area contributed by atoms with E-state index in [0.29, 0.717) is 29.1 Å². The molecule has 0 amide bonds. The second-order valence-electron chi connectivity index (χ2n) is 5.91. The van der Waals surface area contributed by atoms with Crippen molar-refractivity contribution < 1.29 is 14.3 Å². The molecular formula is C17H23N3O3S. The number of ether oxygens (including phenoxy) is 2. The maximum absolute atomic E-state index is 11.0. The minimum atomic E-state index is -0.488. The highest BCUT2D eigenvalue weighted by Crippen LogP contribution is 2.26. The van der Waals surface area contributed by atoms with Crippen molar-refractivity contribution in [2.24, 2.45) is 5.92 Å². The molecular weight excluding hydrogens is 326 g/mol. The van der Waals surface area contributed by atoms with Gasteiger partial charge in [-0.2, -0.15) is 5.26 Å². The first-order chi connectivity index (χ1) is 11.5. The smallest absolute Gasteiger partial charge is 0.304 e. The molecule has 6 nitrogen and oxygen atoms in total. The van der Waals surface area contributed by atoms with Gasteiger partial charge < -0.3 is 19.4 Å². The van der Waals surface area contributed by atoms with Crippen LogP contribution >= 0.6 is 12.2 Å². The molecule has 1 fully saturated rings. The predicted octanol–water partition coefficient (Wildman–Crippen LogP) is 3.15. The van der Waals surface area contributed by atoms with Crippen LogP contribution in [0.5, 0.6) is 0 Å². The monoisotopic (exact) mass is 349 g/mol. The van der Waals surface area contributed by atoms with Crippen LogP contribution in [0.4, 0.5) is 5.69 Å². The number of anilines is 1. The number of H-pyrrole nitrogens is 1. The summed E-state index contributed by atoms with van der Waals surface area (Å²) in [6.07, 6.45) is 3.98. The third-order valence-electron chi connectivity index (χ3n) is 4.06.